The van der Waals surface area contributed by atoms with E-state index in [4.69, 9.17) is 10.2 Å². The summed E-state index contributed by atoms with van der Waals surface area (Å²) in [4.78, 5) is 26.6. The number of carbonyl (C=O) groups excluding carboxylic acids is 2. The topological polar surface area (TPSA) is 122 Å². The molecule has 0 atom stereocenters. The summed E-state index contributed by atoms with van der Waals surface area (Å²) in [7, 11) is 1.68. The lowest BCUT2D eigenvalue weighted by Gasteiger charge is -2.11. The first kappa shape index (κ1) is 18.1. The van der Waals surface area contributed by atoms with Crippen LogP contribution in [-0.2, 0) is 17.9 Å². The van der Waals surface area contributed by atoms with E-state index < -0.39 is 5.91 Å². The van der Waals surface area contributed by atoms with Crippen molar-refractivity contribution in [2.75, 3.05) is 13.6 Å². The molecule has 2 rings (SSSR count). The summed E-state index contributed by atoms with van der Waals surface area (Å²) in [5, 5.41) is 8.75. The molecule has 1 aromatic carbocycles. The Morgan fingerprint density at radius 1 is 1.08 bits per heavy atom. The van der Waals surface area contributed by atoms with Crippen LogP contribution in [0.1, 0.15) is 21.7 Å². The van der Waals surface area contributed by atoms with Crippen LogP contribution in [-0.4, -0.2) is 31.4 Å². The molecule has 0 saturated carbocycles. The molecule has 0 radical (unpaired) electrons. The minimum atomic E-state index is -0.581. The first-order valence-corrected chi connectivity index (χ1v) is 7.71. The number of guanidine groups is 1. The molecule has 0 aliphatic heterocycles. The van der Waals surface area contributed by atoms with Crippen LogP contribution >= 0.6 is 0 Å². The fourth-order valence-corrected chi connectivity index (χ4v) is 2.03. The van der Waals surface area contributed by atoms with Gasteiger partial charge in [-0.3, -0.25) is 14.6 Å². The largest absolute Gasteiger partial charge is 0.467 e. The molecule has 0 aliphatic rings. The van der Waals surface area contributed by atoms with Crippen molar-refractivity contribution in [3.05, 3.63) is 59.5 Å². The third kappa shape index (κ3) is 6.02. The van der Waals surface area contributed by atoms with Gasteiger partial charge in [0.2, 0.25) is 5.91 Å². The molecule has 0 bridgehead atoms. The predicted octanol–water partition coefficient (Wildman–Crippen LogP) is 0.360. The van der Waals surface area contributed by atoms with Crippen LogP contribution in [0.15, 0.2) is 52.1 Å². The zero-order valence-corrected chi connectivity index (χ0v) is 13.9. The molecule has 0 fully saturated rings. The number of hydrogen-bond acceptors (Lipinski definition) is 4. The van der Waals surface area contributed by atoms with Crippen molar-refractivity contribution in [2.45, 2.75) is 13.1 Å². The molecule has 0 spiro atoms. The second-order valence-corrected chi connectivity index (χ2v) is 5.20. The third-order valence-electron chi connectivity index (χ3n) is 3.33. The van der Waals surface area contributed by atoms with E-state index in [0.29, 0.717) is 24.6 Å². The molecular weight excluding hydrogens is 322 g/mol. The molecule has 2 amide bonds. The second kappa shape index (κ2) is 9.11. The average molecular weight is 343 g/mol. The lowest BCUT2D eigenvalue weighted by molar-refractivity contribution is -0.117. The molecule has 132 valence electrons. The van der Waals surface area contributed by atoms with E-state index in [2.05, 4.69) is 20.9 Å². The molecule has 1 aromatic heterocycles. The van der Waals surface area contributed by atoms with Crippen LogP contribution in [0.4, 0.5) is 0 Å². The highest BCUT2D eigenvalue weighted by molar-refractivity contribution is 5.96. The fourth-order valence-electron chi connectivity index (χ4n) is 2.03. The van der Waals surface area contributed by atoms with Crippen LogP contribution < -0.4 is 21.7 Å². The molecule has 25 heavy (non-hydrogen) atoms. The van der Waals surface area contributed by atoms with Crippen LogP contribution in [0.3, 0.4) is 0 Å². The summed E-state index contributed by atoms with van der Waals surface area (Å²) in [5.74, 6) is 0.533. The number of rotatable bonds is 7. The Bertz CT molecular complexity index is 723. The molecule has 0 unspecified atom stereocenters. The Hall–Kier alpha value is -3.29. The van der Waals surface area contributed by atoms with Gasteiger partial charge >= 0.3 is 0 Å². The zero-order chi connectivity index (χ0) is 18.1. The highest BCUT2D eigenvalue weighted by atomic mass is 16.3. The number of hydrogen-bond donors (Lipinski definition) is 4. The Balaban J connectivity index is 1.81. The zero-order valence-electron chi connectivity index (χ0n) is 13.9. The van der Waals surface area contributed by atoms with E-state index in [1.54, 1.807) is 25.4 Å². The van der Waals surface area contributed by atoms with E-state index >= 15 is 0 Å². The van der Waals surface area contributed by atoms with Gasteiger partial charge in [-0.15, -0.1) is 0 Å². The normalized spacial score (nSPS) is 11.0. The minimum absolute atomic E-state index is 0.181. The summed E-state index contributed by atoms with van der Waals surface area (Å²) < 4.78 is 5.25. The van der Waals surface area contributed by atoms with Gasteiger partial charge in [-0.1, -0.05) is 12.1 Å². The Kier molecular flexibility index (Phi) is 6.58. The molecule has 1 heterocycles. The van der Waals surface area contributed by atoms with Crippen molar-refractivity contribution in [2.24, 2.45) is 10.7 Å². The monoisotopic (exact) mass is 343 g/mol. The summed E-state index contributed by atoms with van der Waals surface area (Å²) in [6.07, 6.45) is 1.62. The van der Waals surface area contributed by atoms with Gasteiger partial charge in [0.25, 0.3) is 5.91 Å². The van der Waals surface area contributed by atoms with Crippen molar-refractivity contribution in [1.29, 1.82) is 0 Å². The highest BCUT2D eigenvalue weighted by Gasteiger charge is 2.06. The minimum Gasteiger partial charge on any atom is -0.467 e. The van der Waals surface area contributed by atoms with Crippen LogP contribution in [0.25, 0.3) is 0 Å². The summed E-state index contributed by atoms with van der Waals surface area (Å²) in [5.41, 5.74) is 6.44. The van der Waals surface area contributed by atoms with E-state index in [9.17, 15) is 9.59 Å². The first-order chi connectivity index (χ1) is 12.1. The predicted molar refractivity (Wildman–Crippen MR) is 93.7 cm³/mol. The second-order valence-electron chi connectivity index (χ2n) is 5.20. The lowest BCUT2D eigenvalue weighted by Crippen LogP contribution is -2.36. The molecule has 2 aromatic rings. The van der Waals surface area contributed by atoms with E-state index in [1.807, 2.05) is 24.3 Å². The van der Waals surface area contributed by atoms with Crippen molar-refractivity contribution in [1.82, 2.24) is 16.0 Å². The Morgan fingerprint density at radius 3 is 2.40 bits per heavy atom. The van der Waals surface area contributed by atoms with E-state index in [-0.39, 0.29) is 12.5 Å². The third-order valence-corrected chi connectivity index (χ3v) is 3.33. The summed E-state index contributed by atoms with van der Waals surface area (Å²) in [6, 6.07) is 10.7. The molecule has 8 heteroatoms. The molecule has 8 nitrogen and oxygen atoms in total. The SMILES string of the molecule is CN=C(NCc1ccc(C(=O)NCC(N)=O)cc1)NCc1ccco1. The van der Waals surface area contributed by atoms with Gasteiger partial charge in [-0.05, 0) is 29.8 Å². The van der Waals surface area contributed by atoms with Crippen LogP contribution in [0.2, 0.25) is 0 Å². The highest BCUT2D eigenvalue weighted by Crippen LogP contribution is 2.04. The number of nitrogens with zero attached hydrogens (tertiary/aromatic N) is 1. The van der Waals surface area contributed by atoms with Gasteiger partial charge in [-0.2, -0.15) is 0 Å². The Morgan fingerprint density at radius 2 is 1.80 bits per heavy atom. The van der Waals surface area contributed by atoms with Gasteiger partial charge < -0.3 is 26.1 Å². The number of nitrogens with one attached hydrogen (secondary N) is 3. The quantitative estimate of drug-likeness (QED) is 0.427. The molecule has 0 aliphatic carbocycles. The number of carbonyl (C=O) groups is 2. The van der Waals surface area contributed by atoms with Gasteiger partial charge in [0.1, 0.15) is 5.76 Å². The van der Waals surface area contributed by atoms with Gasteiger partial charge in [0.05, 0.1) is 19.4 Å². The fraction of sp³-hybridized carbons (Fsp3) is 0.235. The maximum Gasteiger partial charge on any atom is 0.251 e. The summed E-state index contributed by atoms with van der Waals surface area (Å²) in [6.45, 7) is 0.895. The van der Waals surface area contributed by atoms with Crippen molar-refractivity contribution in [3.63, 3.8) is 0 Å². The number of nitrogens with two attached hydrogens (primary N) is 1. The first-order valence-electron chi connectivity index (χ1n) is 7.71. The van der Waals surface area contributed by atoms with Crippen LogP contribution in [0, 0.1) is 0 Å². The maximum atomic E-state index is 11.8. The van der Waals surface area contributed by atoms with Gasteiger partial charge in [0, 0.05) is 19.2 Å². The number of benzene rings is 1. The van der Waals surface area contributed by atoms with E-state index in [1.165, 1.54) is 0 Å². The van der Waals surface area contributed by atoms with Crippen LogP contribution in [0.5, 0.6) is 0 Å². The van der Waals surface area contributed by atoms with Crippen molar-refractivity contribution >= 4 is 17.8 Å². The maximum absolute atomic E-state index is 11.8. The summed E-state index contributed by atoms with van der Waals surface area (Å²) >= 11 is 0. The average Bonchev–Trinajstić information content (AvgIpc) is 3.14. The molecule has 0 saturated heterocycles. The number of aliphatic imine (C=N–C) groups is 1. The van der Waals surface area contributed by atoms with Crippen molar-refractivity contribution < 1.29 is 14.0 Å². The molecule has 5 N–H and O–H groups in total. The number of primary amides is 1. The smallest absolute Gasteiger partial charge is 0.251 e. The lowest BCUT2D eigenvalue weighted by atomic mass is 10.1. The number of furan rings is 1. The number of amides is 2. The van der Waals surface area contributed by atoms with Gasteiger partial charge in [0.15, 0.2) is 5.96 Å². The standard InChI is InChI=1S/C17H21N5O3/c1-19-17(22-10-14-3-2-8-25-14)21-9-12-4-6-13(7-5-12)16(24)20-11-15(18)23/h2-8H,9-11H2,1H3,(H2,18,23)(H,20,24)(H2,19,21,22). The van der Waals surface area contributed by atoms with Crippen molar-refractivity contribution in [3.8, 4) is 0 Å². The Labute approximate surface area is 145 Å². The molecular formula is C17H21N5O3. The van der Waals surface area contributed by atoms with Gasteiger partial charge in [-0.25, -0.2) is 0 Å². The van der Waals surface area contributed by atoms with E-state index in [0.717, 1.165) is 11.3 Å².